The van der Waals surface area contributed by atoms with Crippen LogP contribution in [0.1, 0.15) is 27.2 Å². The molecule has 1 aliphatic rings. The fourth-order valence-corrected chi connectivity index (χ4v) is 1.04. The molecule has 1 aliphatic heterocycles. The molecular formula is C9H14N2O. The minimum absolute atomic E-state index is 0.0202. The highest BCUT2D eigenvalue weighted by Crippen LogP contribution is 2.18. The fraction of sp³-hybridized carbons (Fsp3) is 0.556. The van der Waals surface area contributed by atoms with E-state index in [4.69, 9.17) is 0 Å². The molecule has 12 heavy (non-hydrogen) atoms. The van der Waals surface area contributed by atoms with Gasteiger partial charge in [0.1, 0.15) is 11.5 Å². The van der Waals surface area contributed by atoms with Crippen molar-refractivity contribution in [1.82, 2.24) is 4.90 Å². The minimum atomic E-state index is 0.0202. The monoisotopic (exact) mass is 166 g/mol. The molecule has 0 atom stereocenters. The van der Waals surface area contributed by atoms with Gasteiger partial charge in [0.25, 0.3) is 5.91 Å². The van der Waals surface area contributed by atoms with E-state index in [-0.39, 0.29) is 5.91 Å². The average molecular weight is 166 g/mol. The van der Waals surface area contributed by atoms with Crippen LogP contribution in [0.4, 0.5) is 0 Å². The van der Waals surface area contributed by atoms with Gasteiger partial charge in [0, 0.05) is 7.05 Å². The molecule has 1 rings (SSSR count). The SMILES string of the molecule is CC/C(C)=C1\N=C(C)N(C)C1=O. The lowest BCUT2D eigenvalue weighted by Crippen LogP contribution is -2.25. The number of allylic oxidation sites excluding steroid dienone is 1. The first-order chi connectivity index (χ1) is 5.57. The Morgan fingerprint density at radius 2 is 2.17 bits per heavy atom. The summed E-state index contributed by atoms with van der Waals surface area (Å²) in [6.07, 6.45) is 0.881. The maximum absolute atomic E-state index is 11.5. The molecule has 0 spiro atoms. The van der Waals surface area contributed by atoms with E-state index >= 15 is 0 Å². The number of likely N-dealkylation sites (N-methyl/N-ethyl adjacent to an activating group) is 1. The predicted molar refractivity (Wildman–Crippen MR) is 48.9 cm³/mol. The highest BCUT2D eigenvalue weighted by atomic mass is 16.2. The van der Waals surface area contributed by atoms with E-state index in [1.807, 2.05) is 20.8 Å². The van der Waals surface area contributed by atoms with E-state index in [0.717, 1.165) is 17.8 Å². The number of hydrogen-bond acceptors (Lipinski definition) is 2. The second-order valence-corrected chi connectivity index (χ2v) is 3.01. The molecule has 0 aliphatic carbocycles. The third-order valence-corrected chi connectivity index (χ3v) is 2.20. The lowest BCUT2D eigenvalue weighted by Gasteiger charge is -2.06. The number of hydrogen-bond donors (Lipinski definition) is 0. The third kappa shape index (κ3) is 1.26. The van der Waals surface area contributed by atoms with Crippen LogP contribution in [-0.4, -0.2) is 23.7 Å². The Balaban J connectivity index is 3.06. The zero-order valence-corrected chi connectivity index (χ0v) is 8.01. The molecule has 0 saturated heterocycles. The molecule has 3 heteroatoms. The van der Waals surface area contributed by atoms with Crippen molar-refractivity contribution in [2.24, 2.45) is 4.99 Å². The maximum atomic E-state index is 11.5. The fourth-order valence-electron chi connectivity index (χ4n) is 1.04. The summed E-state index contributed by atoms with van der Waals surface area (Å²) < 4.78 is 0. The van der Waals surface area contributed by atoms with Crippen LogP contribution in [0.2, 0.25) is 0 Å². The lowest BCUT2D eigenvalue weighted by atomic mass is 10.2. The van der Waals surface area contributed by atoms with Crippen LogP contribution >= 0.6 is 0 Å². The number of amidine groups is 1. The second kappa shape index (κ2) is 3.09. The Bertz CT molecular complexity index is 276. The first-order valence-corrected chi connectivity index (χ1v) is 4.11. The van der Waals surface area contributed by atoms with Crippen LogP contribution < -0.4 is 0 Å². The van der Waals surface area contributed by atoms with Crippen LogP contribution in [0.5, 0.6) is 0 Å². The van der Waals surface area contributed by atoms with Gasteiger partial charge in [-0.2, -0.15) is 0 Å². The molecule has 0 aromatic rings. The number of carbonyl (C=O) groups excluding carboxylic acids is 1. The smallest absolute Gasteiger partial charge is 0.277 e. The quantitative estimate of drug-likeness (QED) is 0.544. The van der Waals surface area contributed by atoms with Gasteiger partial charge in [-0.3, -0.25) is 9.69 Å². The van der Waals surface area contributed by atoms with Crippen LogP contribution in [0.25, 0.3) is 0 Å². The summed E-state index contributed by atoms with van der Waals surface area (Å²) in [5, 5.41) is 0. The van der Waals surface area contributed by atoms with Gasteiger partial charge in [0.15, 0.2) is 0 Å². The summed E-state index contributed by atoms with van der Waals surface area (Å²) in [6.45, 7) is 5.82. The molecular weight excluding hydrogens is 152 g/mol. The first kappa shape index (κ1) is 8.97. The number of carbonyl (C=O) groups is 1. The predicted octanol–water partition coefficient (Wildman–Crippen LogP) is 1.56. The highest BCUT2D eigenvalue weighted by molar-refractivity contribution is 6.11. The number of nitrogens with zero attached hydrogens (tertiary/aromatic N) is 2. The molecule has 0 N–H and O–H groups in total. The standard InChI is InChI=1S/C9H14N2O/c1-5-6(2)8-9(12)11(4)7(3)10-8/h5H2,1-4H3/b8-6-. The van der Waals surface area contributed by atoms with Crippen LogP contribution in [0, 0.1) is 0 Å². The molecule has 0 aromatic carbocycles. The van der Waals surface area contributed by atoms with Gasteiger partial charge in [0.2, 0.25) is 0 Å². The van der Waals surface area contributed by atoms with Crippen LogP contribution in [0.15, 0.2) is 16.3 Å². The molecule has 0 aromatic heterocycles. The van der Waals surface area contributed by atoms with E-state index < -0.39 is 0 Å². The topological polar surface area (TPSA) is 32.7 Å². The summed E-state index contributed by atoms with van der Waals surface area (Å²) in [7, 11) is 1.75. The van der Waals surface area contributed by atoms with E-state index in [1.165, 1.54) is 0 Å². The summed E-state index contributed by atoms with van der Waals surface area (Å²) in [6, 6.07) is 0. The first-order valence-electron chi connectivity index (χ1n) is 4.11. The molecule has 0 saturated carbocycles. The van der Waals surface area contributed by atoms with Crippen molar-refractivity contribution in [3.8, 4) is 0 Å². The second-order valence-electron chi connectivity index (χ2n) is 3.01. The summed E-state index contributed by atoms with van der Waals surface area (Å²) in [4.78, 5) is 17.2. The number of rotatable bonds is 1. The van der Waals surface area contributed by atoms with Crippen molar-refractivity contribution >= 4 is 11.7 Å². The number of amides is 1. The van der Waals surface area contributed by atoms with Crippen molar-refractivity contribution < 1.29 is 4.79 Å². The van der Waals surface area contributed by atoms with Gasteiger partial charge in [-0.05, 0) is 25.8 Å². The zero-order valence-electron chi connectivity index (χ0n) is 8.01. The van der Waals surface area contributed by atoms with Gasteiger partial charge in [-0.15, -0.1) is 0 Å². The molecule has 0 bridgehead atoms. The maximum Gasteiger partial charge on any atom is 0.277 e. The average Bonchev–Trinajstić information content (AvgIpc) is 2.32. The largest absolute Gasteiger partial charge is 0.298 e. The Morgan fingerprint density at radius 3 is 2.50 bits per heavy atom. The molecule has 0 unspecified atom stereocenters. The van der Waals surface area contributed by atoms with Gasteiger partial charge in [-0.25, -0.2) is 4.99 Å². The Labute approximate surface area is 72.8 Å². The van der Waals surface area contributed by atoms with Gasteiger partial charge in [-0.1, -0.05) is 6.92 Å². The molecule has 0 fully saturated rings. The summed E-state index contributed by atoms with van der Waals surface area (Å²) in [5.41, 5.74) is 1.68. The summed E-state index contributed by atoms with van der Waals surface area (Å²) in [5.74, 6) is 0.801. The van der Waals surface area contributed by atoms with Crippen LogP contribution in [-0.2, 0) is 4.79 Å². The third-order valence-electron chi connectivity index (χ3n) is 2.20. The van der Waals surface area contributed by atoms with E-state index in [9.17, 15) is 4.79 Å². The minimum Gasteiger partial charge on any atom is -0.298 e. The van der Waals surface area contributed by atoms with Crippen molar-refractivity contribution in [1.29, 1.82) is 0 Å². The molecule has 0 radical (unpaired) electrons. The Kier molecular flexibility index (Phi) is 2.31. The van der Waals surface area contributed by atoms with Gasteiger partial charge < -0.3 is 0 Å². The van der Waals surface area contributed by atoms with Crippen molar-refractivity contribution in [2.45, 2.75) is 27.2 Å². The van der Waals surface area contributed by atoms with Crippen molar-refractivity contribution in [3.63, 3.8) is 0 Å². The normalized spacial score (nSPS) is 21.5. The Morgan fingerprint density at radius 1 is 1.58 bits per heavy atom. The molecule has 1 heterocycles. The van der Waals surface area contributed by atoms with Gasteiger partial charge >= 0.3 is 0 Å². The van der Waals surface area contributed by atoms with Crippen molar-refractivity contribution in [3.05, 3.63) is 11.3 Å². The van der Waals surface area contributed by atoms with Gasteiger partial charge in [0.05, 0.1) is 0 Å². The van der Waals surface area contributed by atoms with E-state index in [2.05, 4.69) is 4.99 Å². The van der Waals surface area contributed by atoms with Crippen molar-refractivity contribution in [2.75, 3.05) is 7.05 Å². The zero-order chi connectivity index (χ0) is 9.30. The van der Waals surface area contributed by atoms with E-state index in [1.54, 1.807) is 11.9 Å². The molecule has 1 amide bonds. The summed E-state index contributed by atoms with van der Waals surface area (Å²) >= 11 is 0. The Hall–Kier alpha value is -1.12. The van der Waals surface area contributed by atoms with E-state index in [0.29, 0.717) is 5.70 Å². The highest BCUT2D eigenvalue weighted by Gasteiger charge is 2.24. The molecule has 66 valence electrons. The van der Waals surface area contributed by atoms with Crippen LogP contribution in [0.3, 0.4) is 0 Å². The molecule has 3 nitrogen and oxygen atoms in total. The lowest BCUT2D eigenvalue weighted by molar-refractivity contribution is -0.121. The number of aliphatic imine (C=N–C) groups is 1.